The molecule has 4 nitrogen and oxygen atoms in total. The molecule has 0 atom stereocenters. The molecule has 0 bridgehead atoms. The lowest BCUT2D eigenvalue weighted by Gasteiger charge is -2.32. The minimum absolute atomic E-state index is 0.122. The summed E-state index contributed by atoms with van der Waals surface area (Å²) < 4.78 is 27.1. The summed E-state index contributed by atoms with van der Waals surface area (Å²) in [6.45, 7) is 2.37. The van der Waals surface area contributed by atoms with Gasteiger partial charge in [-0.1, -0.05) is 26.2 Å². The number of sulfonamides is 1. The average molecular weight is 298 g/mol. The van der Waals surface area contributed by atoms with Crippen LogP contribution in [0.15, 0.2) is 16.3 Å². The van der Waals surface area contributed by atoms with Crippen molar-refractivity contribution in [3.05, 3.63) is 17.0 Å². The van der Waals surface area contributed by atoms with Gasteiger partial charge in [-0.3, -0.25) is 0 Å². The Morgan fingerprint density at radius 3 is 2.58 bits per heavy atom. The molecule has 0 spiro atoms. The van der Waals surface area contributed by atoms with Crippen molar-refractivity contribution in [1.29, 1.82) is 5.26 Å². The van der Waals surface area contributed by atoms with Crippen LogP contribution in [-0.2, 0) is 10.0 Å². The quantitative estimate of drug-likeness (QED) is 0.858. The lowest BCUT2D eigenvalue weighted by atomic mass is 9.95. The van der Waals surface area contributed by atoms with Crippen LogP contribution in [0.3, 0.4) is 0 Å². The molecule has 0 saturated heterocycles. The zero-order chi connectivity index (χ0) is 13.9. The molecule has 1 aliphatic rings. The second kappa shape index (κ2) is 6.04. The third-order valence-electron chi connectivity index (χ3n) is 3.55. The van der Waals surface area contributed by atoms with Gasteiger partial charge in [0.05, 0.1) is 0 Å². The molecule has 0 unspecified atom stereocenters. The molecule has 1 aromatic rings. The average Bonchev–Trinajstić information content (AvgIpc) is 2.90. The molecule has 1 heterocycles. The van der Waals surface area contributed by atoms with Gasteiger partial charge in [-0.05, 0) is 25.0 Å². The highest BCUT2D eigenvalue weighted by atomic mass is 32.2. The number of nitriles is 1. The summed E-state index contributed by atoms with van der Waals surface area (Å²) in [5, 5.41) is 8.81. The standard InChI is InChI=1S/C13H18N2O2S2/c1-2-15(11-6-4-3-5-7-11)19(16,17)13-9-8-12(10-14)18-13/h8-9,11H,2-7H2,1H3. The highest BCUT2D eigenvalue weighted by Gasteiger charge is 2.32. The van der Waals surface area contributed by atoms with Crippen molar-refractivity contribution in [1.82, 2.24) is 4.31 Å². The van der Waals surface area contributed by atoms with Gasteiger partial charge in [0, 0.05) is 12.6 Å². The Labute approximate surface area is 118 Å². The van der Waals surface area contributed by atoms with E-state index in [0.717, 1.165) is 37.0 Å². The largest absolute Gasteiger partial charge is 0.252 e. The third-order valence-corrected chi connectivity index (χ3v) is 7.03. The van der Waals surface area contributed by atoms with Gasteiger partial charge < -0.3 is 0 Å². The number of nitrogens with zero attached hydrogens (tertiary/aromatic N) is 2. The molecule has 0 amide bonds. The van der Waals surface area contributed by atoms with E-state index in [0.29, 0.717) is 11.4 Å². The van der Waals surface area contributed by atoms with Gasteiger partial charge >= 0.3 is 0 Å². The lowest BCUT2D eigenvalue weighted by Crippen LogP contribution is -2.40. The molecular weight excluding hydrogens is 280 g/mol. The fourth-order valence-corrected chi connectivity index (χ4v) is 5.55. The first-order valence-electron chi connectivity index (χ1n) is 6.61. The van der Waals surface area contributed by atoms with Crippen LogP contribution >= 0.6 is 11.3 Å². The van der Waals surface area contributed by atoms with E-state index in [-0.39, 0.29) is 10.3 Å². The number of hydrogen-bond acceptors (Lipinski definition) is 4. The van der Waals surface area contributed by atoms with Crippen molar-refractivity contribution in [2.75, 3.05) is 6.54 Å². The molecular formula is C13H18N2O2S2. The van der Waals surface area contributed by atoms with Crippen molar-refractivity contribution < 1.29 is 8.42 Å². The zero-order valence-corrected chi connectivity index (χ0v) is 12.6. The van der Waals surface area contributed by atoms with Gasteiger partial charge in [-0.2, -0.15) is 9.57 Å². The van der Waals surface area contributed by atoms with E-state index in [9.17, 15) is 8.42 Å². The van der Waals surface area contributed by atoms with E-state index in [1.165, 1.54) is 6.42 Å². The maximum absolute atomic E-state index is 12.6. The summed E-state index contributed by atoms with van der Waals surface area (Å²) >= 11 is 1.06. The topological polar surface area (TPSA) is 61.2 Å². The van der Waals surface area contributed by atoms with Gasteiger partial charge in [0.15, 0.2) is 0 Å². The van der Waals surface area contributed by atoms with Crippen LogP contribution in [-0.4, -0.2) is 25.3 Å². The van der Waals surface area contributed by atoms with Crippen LogP contribution in [0.25, 0.3) is 0 Å². The summed E-state index contributed by atoms with van der Waals surface area (Å²) in [7, 11) is -3.44. The summed E-state index contributed by atoms with van der Waals surface area (Å²) in [5.41, 5.74) is 0. The van der Waals surface area contributed by atoms with Crippen LogP contribution < -0.4 is 0 Å². The minimum Gasteiger partial charge on any atom is -0.206 e. The lowest BCUT2D eigenvalue weighted by molar-refractivity contribution is 0.262. The summed E-state index contributed by atoms with van der Waals surface area (Å²) in [4.78, 5) is 0.443. The van der Waals surface area contributed by atoms with Crippen LogP contribution in [0.4, 0.5) is 0 Å². The van der Waals surface area contributed by atoms with Gasteiger partial charge in [-0.25, -0.2) is 8.42 Å². The Morgan fingerprint density at radius 1 is 1.37 bits per heavy atom. The molecule has 0 radical (unpaired) electrons. The molecule has 0 aliphatic heterocycles. The fraction of sp³-hybridized carbons (Fsp3) is 0.615. The molecule has 1 aromatic heterocycles. The number of rotatable bonds is 4. The van der Waals surface area contributed by atoms with Gasteiger partial charge in [-0.15, -0.1) is 11.3 Å². The molecule has 19 heavy (non-hydrogen) atoms. The summed E-state index contributed by atoms with van der Waals surface area (Å²) in [5.74, 6) is 0. The molecule has 1 aliphatic carbocycles. The van der Waals surface area contributed by atoms with Crippen molar-refractivity contribution >= 4 is 21.4 Å². The van der Waals surface area contributed by atoms with Crippen LogP contribution in [0.1, 0.15) is 43.9 Å². The molecule has 6 heteroatoms. The van der Waals surface area contributed by atoms with Gasteiger partial charge in [0.25, 0.3) is 10.0 Å². The molecule has 0 N–H and O–H groups in total. The van der Waals surface area contributed by atoms with Crippen LogP contribution in [0.2, 0.25) is 0 Å². The minimum atomic E-state index is -3.44. The van der Waals surface area contributed by atoms with Gasteiger partial charge in [0.1, 0.15) is 15.2 Å². The van der Waals surface area contributed by atoms with Gasteiger partial charge in [0.2, 0.25) is 0 Å². The highest BCUT2D eigenvalue weighted by Crippen LogP contribution is 2.30. The van der Waals surface area contributed by atoms with E-state index in [1.54, 1.807) is 16.4 Å². The third kappa shape index (κ3) is 2.99. The Morgan fingerprint density at radius 2 is 2.05 bits per heavy atom. The first kappa shape index (κ1) is 14.5. The van der Waals surface area contributed by atoms with Crippen LogP contribution in [0.5, 0.6) is 0 Å². The fourth-order valence-electron chi connectivity index (χ4n) is 2.63. The van der Waals surface area contributed by atoms with E-state index in [4.69, 9.17) is 5.26 Å². The Bertz CT molecular complexity index is 566. The van der Waals surface area contributed by atoms with Crippen molar-refractivity contribution in [2.45, 2.75) is 49.3 Å². The van der Waals surface area contributed by atoms with E-state index < -0.39 is 10.0 Å². The normalized spacial score (nSPS) is 17.5. The number of hydrogen-bond donors (Lipinski definition) is 0. The summed E-state index contributed by atoms with van der Waals surface area (Å²) in [6.07, 6.45) is 5.30. The first-order valence-corrected chi connectivity index (χ1v) is 8.87. The second-order valence-electron chi connectivity index (χ2n) is 4.73. The maximum atomic E-state index is 12.6. The number of thiophene rings is 1. The maximum Gasteiger partial charge on any atom is 0.252 e. The molecule has 1 saturated carbocycles. The van der Waals surface area contributed by atoms with E-state index in [1.807, 2.05) is 13.0 Å². The monoisotopic (exact) mass is 298 g/mol. The molecule has 0 aromatic carbocycles. The zero-order valence-electron chi connectivity index (χ0n) is 11.0. The Kier molecular flexibility index (Phi) is 4.61. The van der Waals surface area contributed by atoms with Crippen molar-refractivity contribution in [2.24, 2.45) is 0 Å². The Balaban J connectivity index is 2.27. The Hall–Kier alpha value is -0.900. The molecule has 104 valence electrons. The SMILES string of the molecule is CCN(C1CCCCC1)S(=O)(=O)c1ccc(C#N)s1. The van der Waals surface area contributed by atoms with Crippen molar-refractivity contribution in [3.63, 3.8) is 0 Å². The second-order valence-corrected chi connectivity index (χ2v) is 7.93. The molecule has 2 rings (SSSR count). The smallest absolute Gasteiger partial charge is 0.206 e. The van der Waals surface area contributed by atoms with E-state index >= 15 is 0 Å². The first-order chi connectivity index (χ1) is 9.09. The highest BCUT2D eigenvalue weighted by molar-refractivity contribution is 7.91. The van der Waals surface area contributed by atoms with Crippen LogP contribution in [0, 0.1) is 11.3 Å². The van der Waals surface area contributed by atoms with Crippen molar-refractivity contribution in [3.8, 4) is 6.07 Å². The summed E-state index contributed by atoms with van der Waals surface area (Å²) in [6, 6.07) is 5.23. The van der Waals surface area contributed by atoms with E-state index in [2.05, 4.69) is 0 Å². The molecule has 1 fully saturated rings. The predicted octanol–water partition coefficient (Wildman–Crippen LogP) is 2.96. The predicted molar refractivity (Wildman–Crippen MR) is 75.5 cm³/mol.